The van der Waals surface area contributed by atoms with Gasteiger partial charge in [0.05, 0.1) is 30.0 Å². The Morgan fingerprint density at radius 3 is 2.85 bits per heavy atom. The fraction of sp³-hybridized carbons (Fsp3) is 0.375. The van der Waals surface area contributed by atoms with Crippen LogP contribution in [0, 0.1) is 0 Å². The number of carboxylic acid groups (broad SMARTS) is 1. The molecular formula is C24H26N4O5. The number of carbonyl (C=O) groups excluding carboxylic acids is 1. The van der Waals surface area contributed by atoms with Crippen molar-refractivity contribution < 1.29 is 24.2 Å². The molecule has 9 nitrogen and oxygen atoms in total. The summed E-state index contributed by atoms with van der Waals surface area (Å²) in [5.41, 5.74) is 1.54. The highest BCUT2D eigenvalue weighted by Gasteiger charge is 2.43. The summed E-state index contributed by atoms with van der Waals surface area (Å²) in [7, 11) is 0. The summed E-state index contributed by atoms with van der Waals surface area (Å²) in [6, 6.07) is 10.2. The van der Waals surface area contributed by atoms with E-state index in [0.29, 0.717) is 29.6 Å². The molecule has 1 aliphatic heterocycles. The van der Waals surface area contributed by atoms with E-state index < -0.39 is 6.09 Å². The number of rotatable bonds is 4. The zero-order valence-electron chi connectivity index (χ0n) is 18.3. The van der Waals surface area contributed by atoms with Gasteiger partial charge in [0, 0.05) is 23.4 Å². The van der Waals surface area contributed by atoms with Gasteiger partial charge in [0.15, 0.2) is 0 Å². The monoisotopic (exact) mass is 450 g/mol. The topological polar surface area (TPSA) is 115 Å². The first-order valence-corrected chi connectivity index (χ1v) is 11.2. The Balaban J connectivity index is 1.40. The fourth-order valence-electron chi connectivity index (χ4n) is 4.99. The van der Waals surface area contributed by atoms with E-state index in [0.717, 1.165) is 47.4 Å². The summed E-state index contributed by atoms with van der Waals surface area (Å²) in [4.78, 5) is 24.4. The maximum Gasteiger partial charge on any atom is 0.432 e. The molecule has 1 aliphatic carbocycles. The summed E-state index contributed by atoms with van der Waals surface area (Å²) in [6.45, 7) is 2.51. The van der Waals surface area contributed by atoms with Crippen LogP contribution in [0.15, 0.2) is 42.6 Å². The van der Waals surface area contributed by atoms with Crippen molar-refractivity contribution in [1.29, 1.82) is 0 Å². The number of hydrogen-bond donors (Lipinski definition) is 3. The van der Waals surface area contributed by atoms with Gasteiger partial charge >= 0.3 is 12.1 Å². The molecule has 9 heteroatoms. The fourth-order valence-corrected chi connectivity index (χ4v) is 4.99. The number of benzene rings is 2. The number of fused-ring (bicyclic) bond motifs is 2. The molecule has 0 saturated heterocycles. The first-order valence-electron chi connectivity index (χ1n) is 11.2. The van der Waals surface area contributed by atoms with E-state index in [1.807, 2.05) is 25.1 Å². The van der Waals surface area contributed by atoms with E-state index >= 15 is 0 Å². The standard InChI is InChI=1S/C24H26N4O5/c1-2-32-15-8-9-16-19(13-24(10-3-4-11-24)33-21(16)12-15)27-22(29)26-18-6-5-7-20-17(18)14-25-28(20)23(30)31/h5-9,12,14,19H,2-4,10-11,13H2,1H3,(H,30,31)(H2,26,27,29). The minimum atomic E-state index is -1.18. The molecule has 2 amide bonds. The van der Waals surface area contributed by atoms with Crippen molar-refractivity contribution in [3.8, 4) is 11.5 Å². The molecule has 0 radical (unpaired) electrons. The Morgan fingerprint density at radius 1 is 1.27 bits per heavy atom. The molecular weight excluding hydrogens is 424 g/mol. The second-order valence-corrected chi connectivity index (χ2v) is 8.56. The maximum atomic E-state index is 13.0. The average Bonchev–Trinajstić information content (AvgIpc) is 3.41. The Labute approximate surface area is 190 Å². The lowest BCUT2D eigenvalue weighted by atomic mass is 9.86. The van der Waals surface area contributed by atoms with Crippen molar-refractivity contribution in [2.45, 2.75) is 50.7 Å². The average molecular weight is 450 g/mol. The van der Waals surface area contributed by atoms with E-state index in [1.165, 1.54) is 6.20 Å². The van der Waals surface area contributed by atoms with Crippen LogP contribution < -0.4 is 20.1 Å². The third-order valence-electron chi connectivity index (χ3n) is 6.44. The molecule has 1 fully saturated rings. The highest BCUT2D eigenvalue weighted by molar-refractivity contribution is 6.02. The Morgan fingerprint density at radius 2 is 2.09 bits per heavy atom. The number of urea groups is 1. The van der Waals surface area contributed by atoms with Gasteiger partial charge in [-0.2, -0.15) is 9.78 Å². The highest BCUT2D eigenvalue weighted by Crippen LogP contribution is 2.48. The van der Waals surface area contributed by atoms with E-state index in [9.17, 15) is 14.7 Å². The molecule has 0 bridgehead atoms. The number of hydrogen-bond acceptors (Lipinski definition) is 5. The lowest BCUT2D eigenvalue weighted by Gasteiger charge is -2.40. The van der Waals surface area contributed by atoms with Gasteiger partial charge in [-0.05, 0) is 56.9 Å². The Hall–Kier alpha value is -3.75. The maximum absolute atomic E-state index is 13.0. The number of amides is 2. The number of ether oxygens (including phenoxy) is 2. The molecule has 1 unspecified atom stereocenters. The SMILES string of the molecule is CCOc1ccc2c(c1)OC1(CCCC1)CC2NC(=O)Nc1cccc2c1cnn2C(=O)O. The summed E-state index contributed by atoms with van der Waals surface area (Å²) < 4.78 is 13.0. The van der Waals surface area contributed by atoms with Crippen LogP contribution in [0.5, 0.6) is 11.5 Å². The Bertz CT molecular complexity index is 1210. The molecule has 3 aromatic rings. The largest absolute Gasteiger partial charge is 0.494 e. The van der Waals surface area contributed by atoms with Gasteiger partial charge in [-0.3, -0.25) is 0 Å². The normalized spacial score (nSPS) is 18.5. The third-order valence-corrected chi connectivity index (χ3v) is 6.44. The number of nitrogens with zero attached hydrogens (tertiary/aromatic N) is 2. The van der Waals surface area contributed by atoms with E-state index in [2.05, 4.69) is 15.7 Å². The second kappa shape index (κ2) is 8.31. The van der Waals surface area contributed by atoms with Gasteiger partial charge in [-0.15, -0.1) is 0 Å². The third kappa shape index (κ3) is 3.94. The van der Waals surface area contributed by atoms with Gasteiger partial charge in [0.2, 0.25) is 0 Å². The van der Waals surface area contributed by atoms with Crippen molar-refractivity contribution >= 4 is 28.7 Å². The van der Waals surface area contributed by atoms with Crippen LogP contribution in [0.3, 0.4) is 0 Å². The first-order chi connectivity index (χ1) is 16.0. The predicted molar refractivity (Wildman–Crippen MR) is 122 cm³/mol. The Kier molecular flexibility index (Phi) is 5.32. The van der Waals surface area contributed by atoms with Gasteiger partial charge in [0.25, 0.3) is 0 Å². The molecule has 1 atom stereocenters. The van der Waals surface area contributed by atoms with E-state index in [1.54, 1.807) is 18.2 Å². The summed E-state index contributed by atoms with van der Waals surface area (Å²) in [5, 5.41) is 19.7. The number of nitrogens with one attached hydrogen (secondary N) is 2. The lowest BCUT2D eigenvalue weighted by Crippen LogP contribution is -2.44. The minimum absolute atomic E-state index is 0.219. The van der Waals surface area contributed by atoms with Crippen LogP contribution >= 0.6 is 0 Å². The molecule has 1 aromatic heterocycles. The minimum Gasteiger partial charge on any atom is -0.494 e. The van der Waals surface area contributed by atoms with Crippen molar-refractivity contribution in [2.24, 2.45) is 0 Å². The predicted octanol–water partition coefficient (Wildman–Crippen LogP) is 4.92. The van der Waals surface area contributed by atoms with Gasteiger partial charge < -0.3 is 25.2 Å². The van der Waals surface area contributed by atoms with Crippen LogP contribution in [0.25, 0.3) is 10.9 Å². The molecule has 5 rings (SSSR count). The van der Waals surface area contributed by atoms with E-state index in [4.69, 9.17) is 9.47 Å². The molecule has 1 saturated carbocycles. The molecule has 2 aliphatic rings. The molecule has 2 aromatic carbocycles. The van der Waals surface area contributed by atoms with Crippen LogP contribution in [0.1, 0.15) is 50.6 Å². The molecule has 33 heavy (non-hydrogen) atoms. The number of aromatic nitrogens is 2. The summed E-state index contributed by atoms with van der Waals surface area (Å²) >= 11 is 0. The van der Waals surface area contributed by atoms with Crippen molar-refractivity contribution in [3.05, 3.63) is 48.2 Å². The summed E-state index contributed by atoms with van der Waals surface area (Å²) in [5.74, 6) is 1.50. The molecule has 172 valence electrons. The van der Waals surface area contributed by atoms with Crippen LogP contribution in [0.4, 0.5) is 15.3 Å². The second-order valence-electron chi connectivity index (χ2n) is 8.56. The number of anilines is 1. The zero-order valence-corrected chi connectivity index (χ0v) is 18.3. The quantitative estimate of drug-likeness (QED) is 0.520. The molecule has 1 spiro atoms. The van der Waals surface area contributed by atoms with Crippen molar-refractivity contribution in [2.75, 3.05) is 11.9 Å². The molecule has 2 heterocycles. The highest BCUT2D eigenvalue weighted by atomic mass is 16.5. The smallest absolute Gasteiger partial charge is 0.432 e. The molecule has 3 N–H and O–H groups in total. The van der Waals surface area contributed by atoms with Crippen molar-refractivity contribution in [3.63, 3.8) is 0 Å². The van der Waals surface area contributed by atoms with E-state index in [-0.39, 0.29) is 17.7 Å². The zero-order chi connectivity index (χ0) is 23.0. The first kappa shape index (κ1) is 21.1. The number of carbonyl (C=O) groups is 2. The lowest BCUT2D eigenvalue weighted by molar-refractivity contribution is 0.0384. The van der Waals surface area contributed by atoms with Gasteiger partial charge in [-0.1, -0.05) is 6.07 Å². The summed E-state index contributed by atoms with van der Waals surface area (Å²) in [6.07, 6.45) is 5.08. The van der Waals surface area contributed by atoms with Gasteiger partial charge in [0.1, 0.15) is 17.1 Å². The van der Waals surface area contributed by atoms with Crippen LogP contribution in [0.2, 0.25) is 0 Å². The van der Waals surface area contributed by atoms with Crippen LogP contribution in [-0.2, 0) is 0 Å². The van der Waals surface area contributed by atoms with Crippen LogP contribution in [-0.4, -0.2) is 39.2 Å². The van der Waals surface area contributed by atoms with Crippen molar-refractivity contribution in [1.82, 2.24) is 15.1 Å². The van der Waals surface area contributed by atoms with Gasteiger partial charge in [-0.25, -0.2) is 9.59 Å².